The number of nitrogens with zero attached hydrogens (tertiary/aromatic N) is 1. The average molecular weight is 466 g/mol. The van der Waals surface area contributed by atoms with Gasteiger partial charge in [-0.05, 0) is 58.6 Å². The van der Waals surface area contributed by atoms with Crippen molar-refractivity contribution < 1.29 is 19.1 Å². The van der Waals surface area contributed by atoms with E-state index in [1.807, 2.05) is 61.5 Å². The van der Waals surface area contributed by atoms with Crippen LogP contribution >= 0.6 is 0 Å². The van der Waals surface area contributed by atoms with Crippen LogP contribution in [0.1, 0.15) is 63.3 Å². The molecule has 2 unspecified atom stereocenters. The quantitative estimate of drug-likeness (QED) is 0.610. The first-order valence-electron chi connectivity index (χ1n) is 11.7. The fourth-order valence-corrected chi connectivity index (χ4v) is 3.71. The van der Waals surface area contributed by atoms with Crippen molar-refractivity contribution in [2.75, 3.05) is 0 Å². The van der Waals surface area contributed by atoms with Crippen LogP contribution in [0.4, 0.5) is 4.79 Å². The van der Waals surface area contributed by atoms with E-state index in [0.717, 1.165) is 29.5 Å². The Bertz CT molecular complexity index is 995. The second-order valence-electron chi connectivity index (χ2n) is 9.86. The molecule has 2 atom stereocenters. The van der Waals surface area contributed by atoms with Gasteiger partial charge in [0, 0.05) is 12.6 Å². The number of amides is 3. The lowest BCUT2D eigenvalue weighted by atomic mass is 10.0. The summed E-state index contributed by atoms with van der Waals surface area (Å²) in [5.41, 5.74) is 2.10. The van der Waals surface area contributed by atoms with Crippen LogP contribution in [0.3, 0.4) is 0 Å². The van der Waals surface area contributed by atoms with E-state index in [1.165, 1.54) is 0 Å². The molecular weight excluding hydrogens is 430 g/mol. The molecule has 2 aromatic carbocycles. The Kier molecular flexibility index (Phi) is 7.97. The van der Waals surface area contributed by atoms with Crippen LogP contribution < -0.4 is 10.6 Å². The van der Waals surface area contributed by atoms with Crippen LogP contribution in [-0.2, 0) is 20.9 Å². The van der Waals surface area contributed by atoms with E-state index in [2.05, 4.69) is 10.6 Å². The second kappa shape index (κ2) is 10.7. The molecule has 2 N–H and O–H groups in total. The predicted molar refractivity (Wildman–Crippen MR) is 131 cm³/mol. The van der Waals surface area contributed by atoms with Crippen LogP contribution in [0.2, 0.25) is 0 Å². The van der Waals surface area contributed by atoms with E-state index in [0.29, 0.717) is 6.54 Å². The zero-order valence-corrected chi connectivity index (χ0v) is 20.6. The van der Waals surface area contributed by atoms with Crippen LogP contribution in [0.15, 0.2) is 54.6 Å². The number of nitrogens with one attached hydrogen (secondary N) is 2. The summed E-state index contributed by atoms with van der Waals surface area (Å²) in [5.74, 6) is -0.564. The molecular formula is C27H35N3O4. The summed E-state index contributed by atoms with van der Waals surface area (Å²) < 4.78 is 5.31. The molecule has 1 aliphatic rings. The predicted octanol–water partition coefficient (Wildman–Crippen LogP) is 4.26. The molecule has 34 heavy (non-hydrogen) atoms. The van der Waals surface area contributed by atoms with Gasteiger partial charge in [-0.1, -0.05) is 60.2 Å². The molecule has 0 aliphatic heterocycles. The van der Waals surface area contributed by atoms with Gasteiger partial charge >= 0.3 is 6.09 Å². The third kappa shape index (κ3) is 7.07. The van der Waals surface area contributed by atoms with Gasteiger partial charge in [0.2, 0.25) is 11.8 Å². The molecule has 3 amide bonds. The molecule has 0 bridgehead atoms. The monoisotopic (exact) mass is 465 g/mol. The zero-order chi connectivity index (χ0) is 24.9. The molecule has 1 fully saturated rings. The van der Waals surface area contributed by atoms with E-state index in [1.54, 1.807) is 32.6 Å². The van der Waals surface area contributed by atoms with Crippen molar-refractivity contribution in [2.24, 2.45) is 0 Å². The van der Waals surface area contributed by atoms with Gasteiger partial charge in [-0.25, -0.2) is 4.79 Å². The normalized spacial score (nSPS) is 15.1. The highest BCUT2D eigenvalue weighted by Gasteiger charge is 2.43. The molecule has 0 spiro atoms. The molecule has 0 heterocycles. The summed E-state index contributed by atoms with van der Waals surface area (Å²) in [5, 5.41) is 5.62. The number of carbonyl (C=O) groups is 3. The largest absolute Gasteiger partial charge is 0.444 e. The molecule has 1 saturated carbocycles. The Morgan fingerprint density at radius 3 is 2.21 bits per heavy atom. The van der Waals surface area contributed by atoms with Gasteiger partial charge < -0.3 is 20.3 Å². The van der Waals surface area contributed by atoms with Gasteiger partial charge in [-0.15, -0.1) is 0 Å². The third-order valence-electron chi connectivity index (χ3n) is 5.53. The number of aryl methyl sites for hydroxylation is 1. The summed E-state index contributed by atoms with van der Waals surface area (Å²) in [6.07, 6.45) is 0.975. The van der Waals surface area contributed by atoms with Crippen molar-refractivity contribution in [3.63, 3.8) is 0 Å². The van der Waals surface area contributed by atoms with Crippen molar-refractivity contribution in [1.29, 1.82) is 0 Å². The molecule has 2 aromatic rings. The Morgan fingerprint density at radius 1 is 1.03 bits per heavy atom. The Balaban J connectivity index is 1.83. The third-order valence-corrected chi connectivity index (χ3v) is 5.53. The summed E-state index contributed by atoms with van der Waals surface area (Å²) in [7, 11) is 0. The van der Waals surface area contributed by atoms with Gasteiger partial charge in [-0.2, -0.15) is 0 Å². The highest BCUT2D eigenvalue weighted by Crippen LogP contribution is 2.35. The lowest BCUT2D eigenvalue weighted by molar-refractivity contribution is -0.143. The first-order chi connectivity index (χ1) is 16.0. The SMILES string of the molecule is Cc1ccc(C(C(=O)NCc2ccccc2)N(C(=O)C(C)NC(=O)OC(C)(C)C)C2CC2)cc1. The van der Waals surface area contributed by atoms with Crippen LogP contribution in [-0.4, -0.2) is 40.5 Å². The van der Waals surface area contributed by atoms with Crippen molar-refractivity contribution in [1.82, 2.24) is 15.5 Å². The van der Waals surface area contributed by atoms with Crippen LogP contribution in [0.25, 0.3) is 0 Å². The zero-order valence-electron chi connectivity index (χ0n) is 20.6. The number of hydrogen-bond acceptors (Lipinski definition) is 4. The minimum absolute atomic E-state index is 0.0517. The maximum Gasteiger partial charge on any atom is 0.408 e. The van der Waals surface area contributed by atoms with Crippen molar-refractivity contribution in [3.05, 3.63) is 71.3 Å². The average Bonchev–Trinajstić information content (AvgIpc) is 3.60. The summed E-state index contributed by atoms with van der Waals surface area (Å²) in [6, 6.07) is 15.6. The Hall–Kier alpha value is -3.35. The minimum Gasteiger partial charge on any atom is -0.444 e. The number of rotatable bonds is 8. The molecule has 7 heteroatoms. The van der Waals surface area contributed by atoms with Crippen LogP contribution in [0, 0.1) is 6.92 Å². The number of benzene rings is 2. The molecule has 7 nitrogen and oxygen atoms in total. The van der Waals surface area contributed by atoms with Gasteiger partial charge in [0.05, 0.1) is 0 Å². The smallest absolute Gasteiger partial charge is 0.408 e. The Morgan fingerprint density at radius 2 is 1.65 bits per heavy atom. The van der Waals surface area contributed by atoms with Crippen molar-refractivity contribution in [2.45, 2.75) is 77.7 Å². The minimum atomic E-state index is -0.842. The van der Waals surface area contributed by atoms with Crippen molar-refractivity contribution >= 4 is 17.9 Å². The van der Waals surface area contributed by atoms with E-state index < -0.39 is 23.8 Å². The van der Waals surface area contributed by atoms with E-state index >= 15 is 0 Å². The molecule has 0 aromatic heterocycles. The van der Waals surface area contributed by atoms with Gasteiger partial charge in [0.15, 0.2) is 0 Å². The Labute approximate surface area is 201 Å². The second-order valence-corrected chi connectivity index (χ2v) is 9.86. The van der Waals surface area contributed by atoms with Gasteiger partial charge in [0.1, 0.15) is 17.7 Å². The first-order valence-corrected chi connectivity index (χ1v) is 11.7. The fourth-order valence-electron chi connectivity index (χ4n) is 3.71. The number of carbonyl (C=O) groups excluding carboxylic acids is 3. The topological polar surface area (TPSA) is 87.7 Å². The van der Waals surface area contributed by atoms with Crippen LogP contribution in [0.5, 0.6) is 0 Å². The molecule has 0 saturated heterocycles. The molecule has 182 valence electrons. The summed E-state index contributed by atoms with van der Waals surface area (Å²) >= 11 is 0. The van der Waals surface area contributed by atoms with E-state index in [4.69, 9.17) is 4.74 Å². The highest BCUT2D eigenvalue weighted by molar-refractivity contribution is 5.92. The number of alkyl carbamates (subject to hydrolysis) is 1. The maximum atomic E-state index is 13.6. The maximum absolute atomic E-state index is 13.6. The summed E-state index contributed by atoms with van der Waals surface area (Å²) in [4.78, 5) is 41.0. The van der Waals surface area contributed by atoms with Gasteiger partial charge in [-0.3, -0.25) is 9.59 Å². The number of ether oxygens (including phenoxy) is 1. The first kappa shape index (κ1) is 25.3. The highest BCUT2D eigenvalue weighted by atomic mass is 16.6. The van der Waals surface area contributed by atoms with E-state index in [-0.39, 0.29) is 17.9 Å². The molecule has 0 radical (unpaired) electrons. The molecule has 3 rings (SSSR count). The lowest BCUT2D eigenvalue weighted by Gasteiger charge is -2.34. The van der Waals surface area contributed by atoms with E-state index in [9.17, 15) is 14.4 Å². The summed E-state index contributed by atoms with van der Waals surface area (Å²) in [6.45, 7) is 9.25. The lowest BCUT2D eigenvalue weighted by Crippen LogP contribution is -2.52. The fraction of sp³-hybridized carbons (Fsp3) is 0.444. The van der Waals surface area contributed by atoms with Gasteiger partial charge in [0.25, 0.3) is 0 Å². The number of hydrogen-bond donors (Lipinski definition) is 2. The molecule has 1 aliphatic carbocycles. The standard InChI is InChI=1S/C27H35N3O4/c1-18-11-13-21(14-12-18)23(24(31)28-17-20-9-7-6-8-10-20)30(22-15-16-22)25(32)19(2)29-26(33)34-27(3,4)5/h6-14,19,22-23H,15-17H2,1-5H3,(H,28,31)(H,29,33). The van der Waals surface area contributed by atoms with Crippen molar-refractivity contribution in [3.8, 4) is 0 Å².